The standard InChI is InChI=1S/C11H13N3O3/c12-9(15)5-1-2-7-14-10-8(17-11(14)16)4-3-6-13-10/h3-4,6H,1-2,5,7H2,(H2,12,15). The molecule has 0 saturated heterocycles. The smallest absolute Gasteiger partial charge is 0.406 e. The van der Waals surface area contributed by atoms with Gasteiger partial charge in [0.25, 0.3) is 0 Å². The number of hydrogen-bond donors (Lipinski definition) is 1. The second-order valence-electron chi connectivity index (χ2n) is 3.77. The van der Waals surface area contributed by atoms with Crippen molar-refractivity contribution in [1.82, 2.24) is 9.55 Å². The van der Waals surface area contributed by atoms with E-state index in [1.807, 2.05) is 0 Å². The van der Waals surface area contributed by atoms with E-state index in [0.29, 0.717) is 37.0 Å². The van der Waals surface area contributed by atoms with Crippen LogP contribution in [0.3, 0.4) is 0 Å². The van der Waals surface area contributed by atoms with Gasteiger partial charge in [-0.3, -0.25) is 9.36 Å². The molecule has 0 aliphatic heterocycles. The third kappa shape index (κ3) is 2.52. The van der Waals surface area contributed by atoms with Crippen molar-refractivity contribution >= 4 is 17.1 Å². The maximum atomic E-state index is 11.5. The summed E-state index contributed by atoms with van der Waals surface area (Å²) in [5.74, 6) is -0.745. The lowest BCUT2D eigenvalue weighted by molar-refractivity contribution is -0.118. The van der Waals surface area contributed by atoms with Gasteiger partial charge in [-0.25, -0.2) is 9.78 Å². The van der Waals surface area contributed by atoms with Crippen LogP contribution in [0, 0.1) is 0 Å². The Hall–Kier alpha value is -2.11. The zero-order chi connectivity index (χ0) is 12.3. The molecule has 0 atom stereocenters. The van der Waals surface area contributed by atoms with Crippen LogP contribution in [0.5, 0.6) is 0 Å². The zero-order valence-electron chi connectivity index (χ0n) is 9.26. The van der Waals surface area contributed by atoms with Gasteiger partial charge in [0.2, 0.25) is 5.91 Å². The lowest BCUT2D eigenvalue weighted by atomic mass is 10.2. The van der Waals surface area contributed by atoms with Crippen molar-refractivity contribution in [3.05, 3.63) is 28.9 Å². The number of pyridine rings is 1. The van der Waals surface area contributed by atoms with Gasteiger partial charge in [-0.05, 0) is 25.0 Å². The number of aromatic nitrogens is 2. The Morgan fingerprint density at radius 3 is 3.06 bits per heavy atom. The maximum absolute atomic E-state index is 11.5. The average molecular weight is 235 g/mol. The zero-order valence-corrected chi connectivity index (χ0v) is 9.26. The predicted octanol–water partition coefficient (Wildman–Crippen LogP) is 0.645. The molecule has 0 aliphatic carbocycles. The highest BCUT2D eigenvalue weighted by Crippen LogP contribution is 2.09. The van der Waals surface area contributed by atoms with Crippen LogP contribution in [0.25, 0.3) is 11.2 Å². The number of aryl methyl sites for hydroxylation is 1. The number of oxazole rings is 1. The third-order valence-electron chi connectivity index (χ3n) is 2.48. The van der Waals surface area contributed by atoms with Gasteiger partial charge in [0.05, 0.1) is 0 Å². The van der Waals surface area contributed by atoms with Crippen molar-refractivity contribution in [2.45, 2.75) is 25.8 Å². The summed E-state index contributed by atoms with van der Waals surface area (Å²) in [5, 5.41) is 0. The number of fused-ring (bicyclic) bond motifs is 1. The molecule has 6 heteroatoms. The Balaban J connectivity index is 2.10. The van der Waals surface area contributed by atoms with Gasteiger partial charge in [-0.1, -0.05) is 0 Å². The van der Waals surface area contributed by atoms with Gasteiger partial charge in [-0.2, -0.15) is 0 Å². The molecular weight excluding hydrogens is 222 g/mol. The lowest BCUT2D eigenvalue weighted by Crippen LogP contribution is -2.15. The largest absolute Gasteiger partial charge is 0.421 e. The molecule has 0 fully saturated rings. The van der Waals surface area contributed by atoms with E-state index < -0.39 is 5.76 Å². The highest BCUT2D eigenvalue weighted by atomic mass is 16.4. The number of carbonyl (C=O) groups is 1. The molecule has 2 rings (SSSR count). The predicted molar refractivity (Wildman–Crippen MR) is 61.3 cm³/mol. The minimum atomic E-state index is -0.419. The molecule has 17 heavy (non-hydrogen) atoms. The summed E-state index contributed by atoms with van der Waals surface area (Å²) < 4.78 is 6.50. The Labute approximate surface area is 97.0 Å². The fourth-order valence-electron chi connectivity index (χ4n) is 1.67. The van der Waals surface area contributed by atoms with E-state index in [1.54, 1.807) is 18.3 Å². The Bertz CT molecular complexity index is 585. The number of nitrogens with two attached hydrogens (primary N) is 1. The third-order valence-corrected chi connectivity index (χ3v) is 2.48. The van der Waals surface area contributed by atoms with Gasteiger partial charge in [0, 0.05) is 19.2 Å². The van der Waals surface area contributed by atoms with Crippen LogP contribution in [0.1, 0.15) is 19.3 Å². The minimum absolute atomic E-state index is 0.326. The number of unbranched alkanes of at least 4 members (excludes halogenated alkanes) is 1. The van der Waals surface area contributed by atoms with Crippen LogP contribution >= 0.6 is 0 Å². The Morgan fingerprint density at radius 2 is 2.29 bits per heavy atom. The monoisotopic (exact) mass is 235 g/mol. The fraction of sp³-hybridized carbons (Fsp3) is 0.364. The van der Waals surface area contributed by atoms with Crippen LogP contribution in [0.15, 0.2) is 27.5 Å². The maximum Gasteiger partial charge on any atom is 0.421 e. The summed E-state index contributed by atoms with van der Waals surface area (Å²) in [6.07, 6.45) is 3.28. The number of carbonyl (C=O) groups excluding carboxylic acids is 1. The van der Waals surface area contributed by atoms with Crippen LogP contribution in [0.2, 0.25) is 0 Å². The van der Waals surface area contributed by atoms with Crippen molar-refractivity contribution in [1.29, 1.82) is 0 Å². The molecular formula is C11H13N3O3. The molecule has 6 nitrogen and oxygen atoms in total. The molecule has 2 aromatic heterocycles. The number of nitrogens with zero attached hydrogens (tertiary/aromatic N) is 2. The quantitative estimate of drug-likeness (QED) is 0.770. The number of hydrogen-bond acceptors (Lipinski definition) is 4. The summed E-state index contributed by atoms with van der Waals surface area (Å²) in [6, 6.07) is 3.41. The van der Waals surface area contributed by atoms with Crippen molar-refractivity contribution in [3.63, 3.8) is 0 Å². The summed E-state index contributed by atoms with van der Waals surface area (Å²) >= 11 is 0. The average Bonchev–Trinajstić information content (AvgIpc) is 2.60. The Kier molecular flexibility index (Phi) is 3.22. The van der Waals surface area contributed by atoms with E-state index >= 15 is 0 Å². The summed E-state index contributed by atoms with van der Waals surface area (Å²) in [6.45, 7) is 0.482. The van der Waals surface area contributed by atoms with E-state index in [2.05, 4.69) is 4.98 Å². The fourth-order valence-corrected chi connectivity index (χ4v) is 1.67. The molecule has 0 aliphatic rings. The van der Waals surface area contributed by atoms with E-state index in [-0.39, 0.29) is 5.91 Å². The number of amides is 1. The van der Waals surface area contributed by atoms with Crippen molar-refractivity contribution < 1.29 is 9.21 Å². The van der Waals surface area contributed by atoms with Gasteiger partial charge < -0.3 is 10.2 Å². The summed E-state index contributed by atoms with van der Waals surface area (Å²) in [7, 11) is 0. The normalized spacial score (nSPS) is 10.8. The first-order valence-corrected chi connectivity index (χ1v) is 5.41. The topological polar surface area (TPSA) is 91.1 Å². The molecule has 0 bridgehead atoms. The molecule has 90 valence electrons. The SMILES string of the molecule is NC(=O)CCCCn1c(=O)oc2cccnc21. The summed E-state index contributed by atoms with van der Waals surface area (Å²) in [4.78, 5) is 26.2. The van der Waals surface area contributed by atoms with Gasteiger partial charge in [-0.15, -0.1) is 0 Å². The Morgan fingerprint density at radius 1 is 1.47 bits per heavy atom. The second-order valence-corrected chi connectivity index (χ2v) is 3.77. The molecule has 0 saturated carbocycles. The second kappa shape index (κ2) is 4.82. The van der Waals surface area contributed by atoms with Crippen molar-refractivity contribution in [2.75, 3.05) is 0 Å². The molecule has 0 spiro atoms. The molecule has 0 radical (unpaired) electrons. The minimum Gasteiger partial charge on any atom is -0.406 e. The first-order chi connectivity index (χ1) is 8.18. The molecule has 2 aromatic rings. The van der Waals surface area contributed by atoms with E-state index in [9.17, 15) is 9.59 Å². The molecule has 2 N–H and O–H groups in total. The number of primary amides is 1. The molecule has 0 aromatic carbocycles. The van der Waals surface area contributed by atoms with E-state index in [0.717, 1.165) is 0 Å². The molecule has 2 heterocycles. The van der Waals surface area contributed by atoms with E-state index in [4.69, 9.17) is 10.2 Å². The highest BCUT2D eigenvalue weighted by Gasteiger charge is 2.09. The van der Waals surface area contributed by atoms with E-state index in [1.165, 1.54) is 4.57 Å². The van der Waals surface area contributed by atoms with Crippen molar-refractivity contribution in [2.24, 2.45) is 5.73 Å². The van der Waals surface area contributed by atoms with Crippen LogP contribution in [-0.4, -0.2) is 15.5 Å². The summed E-state index contributed by atoms with van der Waals surface area (Å²) in [5.41, 5.74) is 6.05. The van der Waals surface area contributed by atoms with Crippen molar-refractivity contribution in [3.8, 4) is 0 Å². The molecule has 0 unspecified atom stereocenters. The highest BCUT2D eigenvalue weighted by molar-refractivity contribution is 5.73. The van der Waals surface area contributed by atoms with Gasteiger partial charge >= 0.3 is 5.76 Å². The molecule has 1 amide bonds. The van der Waals surface area contributed by atoms with Gasteiger partial charge in [0.15, 0.2) is 11.2 Å². The number of rotatable bonds is 5. The first-order valence-electron chi connectivity index (χ1n) is 5.41. The first kappa shape index (κ1) is 11.4. The van der Waals surface area contributed by atoms with Crippen LogP contribution in [0.4, 0.5) is 0 Å². The lowest BCUT2D eigenvalue weighted by Gasteiger charge is -2.00. The van der Waals surface area contributed by atoms with Crippen LogP contribution in [-0.2, 0) is 11.3 Å². The van der Waals surface area contributed by atoms with Gasteiger partial charge in [0.1, 0.15) is 0 Å². The van der Waals surface area contributed by atoms with Crippen LogP contribution < -0.4 is 11.5 Å².